The fourth-order valence-electron chi connectivity index (χ4n) is 1.57. The molecule has 0 saturated heterocycles. The third kappa shape index (κ3) is 5.60. The number of thioether (sulfide) groups is 1. The van der Waals surface area contributed by atoms with Gasteiger partial charge in [-0.15, -0.1) is 0 Å². The van der Waals surface area contributed by atoms with Gasteiger partial charge in [-0.3, -0.25) is 14.6 Å². The van der Waals surface area contributed by atoms with Gasteiger partial charge in [0.1, 0.15) is 0 Å². The lowest BCUT2D eigenvalue weighted by Gasteiger charge is -2.06. The fourth-order valence-corrected chi connectivity index (χ4v) is 2.20. The highest BCUT2D eigenvalue weighted by Gasteiger charge is 2.30. The summed E-state index contributed by atoms with van der Waals surface area (Å²) in [5, 5.41) is 8.91. The van der Waals surface area contributed by atoms with E-state index in [0.717, 1.165) is 30.1 Å². The number of carbonyl (C=O) groups is 1. The number of nitrogens with one attached hydrogen (secondary N) is 3. The number of nitrogens with zero attached hydrogens (tertiary/aromatic N) is 2. The number of amides is 1. The summed E-state index contributed by atoms with van der Waals surface area (Å²) < 4.78 is 37.7. The number of aromatic amines is 2. The first kappa shape index (κ1) is 18.4. The van der Waals surface area contributed by atoms with Crippen LogP contribution in [0.3, 0.4) is 0 Å². The van der Waals surface area contributed by atoms with Gasteiger partial charge in [0, 0.05) is 0 Å². The number of hydrogen-bond donors (Lipinski definition) is 3. The molecule has 0 saturated carbocycles. The summed E-state index contributed by atoms with van der Waals surface area (Å²) in [6.45, 7) is 0. The lowest BCUT2D eigenvalue weighted by atomic mass is 10.1. The van der Waals surface area contributed by atoms with Crippen LogP contribution >= 0.6 is 11.8 Å². The van der Waals surface area contributed by atoms with Gasteiger partial charge in [0.15, 0.2) is 5.03 Å². The Kier molecular flexibility index (Phi) is 5.75. The van der Waals surface area contributed by atoms with Crippen molar-refractivity contribution in [1.29, 1.82) is 0 Å². The summed E-state index contributed by atoms with van der Waals surface area (Å²) in [6.07, 6.45) is -3.41. The van der Waals surface area contributed by atoms with E-state index >= 15 is 0 Å². The highest BCUT2D eigenvalue weighted by Crippen LogP contribution is 2.29. The van der Waals surface area contributed by atoms with Gasteiger partial charge in [-0.1, -0.05) is 23.9 Å². The molecule has 2 rings (SSSR count). The standard InChI is InChI=1S/C13H10F3N5O3S/c14-13(15,16)8-3-1-2-7(4-8)5-17-19-9(22)6-25-11-10(23)18-12(24)21-20-11/h1-5H,6H2,(H,19,22)(H2,18,21,23,24)/b17-5+. The van der Waals surface area contributed by atoms with Gasteiger partial charge in [-0.2, -0.15) is 23.4 Å². The summed E-state index contributed by atoms with van der Waals surface area (Å²) in [7, 11) is 0. The molecule has 3 N–H and O–H groups in total. The van der Waals surface area contributed by atoms with Crippen LogP contribution in [-0.4, -0.2) is 33.1 Å². The number of hydrogen-bond acceptors (Lipinski definition) is 6. The lowest BCUT2D eigenvalue weighted by molar-refractivity contribution is -0.137. The Morgan fingerprint density at radius 2 is 2.12 bits per heavy atom. The van der Waals surface area contributed by atoms with Gasteiger partial charge in [0.05, 0.1) is 17.5 Å². The normalized spacial score (nSPS) is 11.6. The van der Waals surface area contributed by atoms with Gasteiger partial charge >= 0.3 is 11.9 Å². The molecule has 1 aromatic heterocycles. The van der Waals surface area contributed by atoms with Crippen LogP contribution in [0.4, 0.5) is 13.2 Å². The molecule has 0 radical (unpaired) electrons. The molecule has 0 unspecified atom stereocenters. The Hall–Kier alpha value is -2.89. The van der Waals surface area contributed by atoms with Crippen molar-refractivity contribution in [2.24, 2.45) is 5.10 Å². The summed E-state index contributed by atoms with van der Waals surface area (Å²) in [5.41, 5.74) is -0.0859. The van der Waals surface area contributed by atoms with Crippen molar-refractivity contribution in [1.82, 2.24) is 20.6 Å². The van der Waals surface area contributed by atoms with Crippen LogP contribution in [0.5, 0.6) is 0 Å². The molecule has 0 bridgehead atoms. The molecule has 0 spiro atoms. The zero-order valence-electron chi connectivity index (χ0n) is 12.3. The van der Waals surface area contributed by atoms with Crippen molar-refractivity contribution in [3.63, 3.8) is 0 Å². The van der Waals surface area contributed by atoms with Crippen molar-refractivity contribution >= 4 is 23.9 Å². The van der Waals surface area contributed by atoms with E-state index in [1.165, 1.54) is 12.1 Å². The number of alkyl halides is 3. The minimum absolute atomic E-state index is 0.114. The number of benzene rings is 1. The molecular formula is C13H10F3N5O3S. The van der Waals surface area contributed by atoms with Crippen molar-refractivity contribution in [3.05, 3.63) is 56.2 Å². The number of hydrazone groups is 1. The summed E-state index contributed by atoms with van der Waals surface area (Å²) in [5.74, 6) is -0.845. The van der Waals surface area contributed by atoms with Crippen LogP contribution in [0.2, 0.25) is 0 Å². The van der Waals surface area contributed by atoms with E-state index in [4.69, 9.17) is 0 Å². The van der Waals surface area contributed by atoms with E-state index in [0.29, 0.717) is 0 Å². The van der Waals surface area contributed by atoms with Crippen LogP contribution in [0.25, 0.3) is 0 Å². The van der Waals surface area contributed by atoms with Gasteiger partial charge in [-0.05, 0) is 17.7 Å². The zero-order chi connectivity index (χ0) is 18.4. The topological polar surface area (TPSA) is 120 Å². The maximum atomic E-state index is 12.6. The zero-order valence-corrected chi connectivity index (χ0v) is 13.1. The molecule has 25 heavy (non-hydrogen) atoms. The van der Waals surface area contributed by atoms with Crippen LogP contribution in [0.15, 0.2) is 44.0 Å². The molecule has 0 atom stereocenters. The van der Waals surface area contributed by atoms with Gasteiger partial charge in [0.2, 0.25) is 5.91 Å². The number of halogens is 3. The van der Waals surface area contributed by atoms with Gasteiger partial charge in [0.25, 0.3) is 5.56 Å². The third-order valence-corrected chi connectivity index (χ3v) is 3.59. The van der Waals surface area contributed by atoms with E-state index in [2.05, 4.69) is 15.6 Å². The average Bonchev–Trinajstić information content (AvgIpc) is 2.53. The first-order valence-electron chi connectivity index (χ1n) is 6.56. The van der Waals surface area contributed by atoms with Crippen molar-refractivity contribution in [2.45, 2.75) is 11.2 Å². The Morgan fingerprint density at radius 3 is 2.80 bits per heavy atom. The second kappa shape index (κ2) is 7.79. The van der Waals surface area contributed by atoms with Crippen LogP contribution < -0.4 is 16.7 Å². The molecule has 0 aliphatic rings. The first-order chi connectivity index (χ1) is 11.8. The minimum Gasteiger partial charge on any atom is -0.272 e. The summed E-state index contributed by atoms with van der Waals surface area (Å²) >= 11 is 0.756. The summed E-state index contributed by atoms with van der Waals surface area (Å²) in [6, 6.07) is 4.41. The average molecular weight is 373 g/mol. The maximum absolute atomic E-state index is 12.6. The van der Waals surface area contributed by atoms with Gasteiger partial charge in [-0.25, -0.2) is 15.3 Å². The molecule has 132 valence electrons. The number of aromatic nitrogens is 3. The first-order valence-corrected chi connectivity index (χ1v) is 7.55. The van der Waals surface area contributed by atoms with Crippen molar-refractivity contribution in [3.8, 4) is 0 Å². The third-order valence-electron chi connectivity index (χ3n) is 2.64. The Balaban J connectivity index is 1.90. The maximum Gasteiger partial charge on any atom is 0.416 e. The van der Waals surface area contributed by atoms with Crippen molar-refractivity contribution < 1.29 is 18.0 Å². The molecular weight excluding hydrogens is 363 g/mol. The Morgan fingerprint density at radius 1 is 1.36 bits per heavy atom. The summed E-state index contributed by atoms with van der Waals surface area (Å²) in [4.78, 5) is 35.7. The highest BCUT2D eigenvalue weighted by molar-refractivity contribution is 7.99. The fraction of sp³-hybridized carbons (Fsp3) is 0.154. The van der Waals surface area contributed by atoms with E-state index in [9.17, 15) is 27.6 Å². The molecule has 0 aliphatic heterocycles. The largest absolute Gasteiger partial charge is 0.416 e. The number of carbonyl (C=O) groups excluding carboxylic acids is 1. The van der Waals surface area contributed by atoms with Crippen molar-refractivity contribution in [2.75, 3.05) is 5.75 Å². The van der Waals surface area contributed by atoms with E-state index in [-0.39, 0.29) is 16.3 Å². The Bertz CT molecular complexity index is 907. The molecule has 1 aromatic carbocycles. The van der Waals surface area contributed by atoms with Crippen LogP contribution in [0, 0.1) is 0 Å². The monoisotopic (exact) mass is 373 g/mol. The number of H-pyrrole nitrogens is 2. The van der Waals surface area contributed by atoms with E-state index in [1.807, 2.05) is 10.1 Å². The quantitative estimate of drug-likeness (QED) is 0.405. The van der Waals surface area contributed by atoms with Crippen LogP contribution in [0.1, 0.15) is 11.1 Å². The molecule has 1 heterocycles. The second-order valence-electron chi connectivity index (χ2n) is 4.52. The highest BCUT2D eigenvalue weighted by atomic mass is 32.2. The SMILES string of the molecule is O=C(CSc1n[nH]c(=O)[nH]c1=O)N/N=C/c1cccc(C(F)(F)F)c1. The minimum atomic E-state index is -4.47. The number of rotatable bonds is 5. The van der Waals surface area contributed by atoms with E-state index in [1.54, 1.807) is 0 Å². The molecule has 2 aromatic rings. The molecule has 0 fully saturated rings. The van der Waals surface area contributed by atoms with Crippen LogP contribution in [-0.2, 0) is 11.0 Å². The Labute approximate surface area is 141 Å². The molecule has 8 nitrogen and oxygen atoms in total. The predicted octanol–water partition coefficient (Wildman–Crippen LogP) is 0.719. The van der Waals surface area contributed by atoms with E-state index < -0.39 is 28.9 Å². The molecule has 0 aliphatic carbocycles. The second-order valence-corrected chi connectivity index (χ2v) is 5.48. The molecule has 12 heteroatoms. The predicted molar refractivity (Wildman–Crippen MR) is 83.4 cm³/mol. The van der Waals surface area contributed by atoms with Gasteiger partial charge < -0.3 is 0 Å². The lowest BCUT2D eigenvalue weighted by Crippen LogP contribution is -2.26. The molecule has 1 amide bonds. The smallest absolute Gasteiger partial charge is 0.272 e.